The highest BCUT2D eigenvalue weighted by molar-refractivity contribution is 7.92. The molecule has 0 saturated carbocycles. The lowest BCUT2D eigenvalue weighted by molar-refractivity contribution is 0.416. The van der Waals surface area contributed by atoms with Crippen molar-refractivity contribution in [2.24, 2.45) is 0 Å². The average molecular weight is 479 g/mol. The number of sulfonamides is 1. The highest BCUT2D eigenvalue weighted by Gasteiger charge is 2.12. The summed E-state index contributed by atoms with van der Waals surface area (Å²) < 4.78 is 26.1. The van der Waals surface area contributed by atoms with Gasteiger partial charge in [-0.2, -0.15) is 0 Å². The van der Waals surface area contributed by atoms with Gasteiger partial charge in [0.25, 0.3) is 0 Å². The number of nitrogens with zero attached hydrogens (tertiary/aromatic N) is 3. The van der Waals surface area contributed by atoms with Gasteiger partial charge in [0.05, 0.1) is 23.3 Å². The summed E-state index contributed by atoms with van der Waals surface area (Å²) in [5.74, 6) is 0. The molecule has 3 N–H and O–H groups in total. The SMILES string of the molecule is CN(C)CCN(C)c1ccc(-c2cc3c(Nc4ccccc4NS(C)(=O)=O)ccnc3[nH]2)cc1. The fraction of sp³-hybridized carbons (Fsp3) is 0.240. The minimum absolute atomic E-state index is 0.486. The van der Waals surface area contributed by atoms with E-state index in [9.17, 15) is 8.42 Å². The van der Waals surface area contributed by atoms with Gasteiger partial charge >= 0.3 is 0 Å². The zero-order valence-corrected chi connectivity index (χ0v) is 20.6. The first kappa shape index (κ1) is 23.6. The Hall–Kier alpha value is -3.56. The Morgan fingerprint density at radius 2 is 1.62 bits per heavy atom. The number of aromatic amines is 1. The first-order chi connectivity index (χ1) is 16.2. The number of rotatable bonds is 9. The van der Waals surface area contributed by atoms with Gasteiger partial charge in [0.1, 0.15) is 5.65 Å². The van der Waals surface area contributed by atoms with Crippen LogP contribution in [0.5, 0.6) is 0 Å². The second kappa shape index (κ2) is 9.74. The van der Waals surface area contributed by atoms with Crippen molar-refractivity contribution >= 4 is 43.8 Å². The van der Waals surface area contributed by atoms with Gasteiger partial charge in [-0.25, -0.2) is 13.4 Å². The van der Waals surface area contributed by atoms with E-state index in [0.29, 0.717) is 11.4 Å². The van der Waals surface area contributed by atoms with E-state index in [-0.39, 0.29) is 0 Å². The Morgan fingerprint density at radius 3 is 2.29 bits per heavy atom. The maximum Gasteiger partial charge on any atom is 0.229 e. The summed E-state index contributed by atoms with van der Waals surface area (Å²) in [4.78, 5) is 12.3. The summed E-state index contributed by atoms with van der Waals surface area (Å²) >= 11 is 0. The molecule has 4 aromatic rings. The molecular formula is C25H30N6O2S. The van der Waals surface area contributed by atoms with E-state index < -0.39 is 10.0 Å². The molecule has 2 aromatic heterocycles. The standard InChI is InChI=1S/C25H30N6O2S/c1-30(2)15-16-31(3)19-11-9-18(10-12-19)24-17-20-21(13-14-26-25(20)28-24)27-22-7-5-6-8-23(22)29-34(4,32)33/h5-14,17,29H,15-16H2,1-4H3,(H2,26,27,28). The number of H-pyrrole nitrogens is 1. The molecule has 0 radical (unpaired) electrons. The lowest BCUT2D eigenvalue weighted by atomic mass is 10.1. The summed E-state index contributed by atoms with van der Waals surface area (Å²) in [6.45, 7) is 1.94. The molecule has 178 valence electrons. The van der Waals surface area contributed by atoms with Crippen LogP contribution in [0, 0.1) is 0 Å². The minimum Gasteiger partial charge on any atom is -0.373 e. The minimum atomic E-state index is -3.40. The molecule has 0 aliphatic carbocycles. The quantitative estimate of drug-likeness (QED) is 0.331. The topological polar surface area (TPSA) is 93.4 Å². The second-order valence-electron chi connectivity index (χ2n) is 8.62. The molecule has 0 amide bonds. The molecule has 0 saturated heterocycles. The van der Waals surface area contributed by atoms with E-state index in [0.717, 1.165) is 53.0 Å². The first-order valence-corrected chi connectivity index (χ1v) is 12.9. The molecule has 0 bridgehead atoms. The zero-order chi connectivity index (χ0) is 24.3. The van der Waals surface area contributed by atoms with Crippen LogP contribution in [0.25, 0.3) is 22.3 Å². The van der Waals surface area contributed by atoms with Gasteiger partial charge < -0.3 is 20.1 Å². The maximum atomic E-state index is 11.8. The number of anilines is 4. The van der Waals surface area contributed by atoms with Crippen molar-refractivity contribution in [3.05, 3.63) is 66.9 Å². The average Bonchev–Trinajstić information content (AvgIpc) is 3.23. The maximum absolute atomic E-state index is 11.8. The fourth-order valence-corrected chi connectivity index (χ4v) is 4.27. The van der Waals surface area contributed by atoms with Crippen molar-refractivity contribution < 1.29 is 8.42 Å². The number of benzene rings is 2. The van der Waals surface area contributed by atoms with Crippen LogP contribution in [-0.2, 0) is 10.0 Å². The smallest absolute Gasteiger partial charge is 0.229 e. The third-order valence-electron chi connectivity index (χ3n) is 5.53. The number of likely N-dealkylation sites (N-methyl/N-ethyl adjacent to an activating group) is 2. The van der Waals surface area contributed by atoms with Crippen LogP contribution in [0.3, 0.4) is 0 Å². The number of hydrogen-bond donors (Lipinski definition) is 3. The van der Waals surface area contributed by atoms with E-state index in [2.05, 4.69) is 81.3 Å². The molecule has 0 atom stereocenters. The molecule has 34 heavy (non-hydrogen) atoms. The Labute approximate surface area is 200 Å². The van der Waals surface area contributed by atoms with Crippen LogP contribution in [-0.4, -0.2) is 63.8 Å². The van der Waals surface area contributed by atoms with Crippen LogP contribution < -0.4 is 14.9 Å². The molecule has 2 aromatic carbocycles. The lowest BCUT2D eigenvalue weighted by Gasteiger charge is -2.21. The largest absolute Gasteiger partial charge is 0.373 e. The predicted molar refractivity (Wildman–Crippen MR) is 142 cm³/mol. The summed E-state index contributed by atoms with van der Waals surface area (Å²) in [6.07, 6.45) is 2.86. The summed E-state index contributed by atoms with van der Waals surface area (Å²) in [5.41, 5.74) is 5.91. The number of pyridine rings is 1. The molecule has 0 aliphatic rings. The van der Waals surface area contributed by atoms with E-state index in [4.69, 9.17) is 0 Å². The molecule has 8 nitrogen and oxygen atoms in total. The van der Waals surface area contributed by atoms with Gasteiger partial charge in [-0.15, -0.1) is 0 Å². The molecule has 9 heteroatoms. The van der Waals surface area contributed by atoms with Gasteiger partial charge in [-0.3, -0.25) is 4.72 Å². The van der Waals surface area contributed by atoms with Gasteiger partial charge in [0.15, 0.2) is 0 Å². The van der Waals surface area contributed by atoms with Crippen molar-refractivity contribution in [1.82, 2.24) is 14.9 Å². The normalized spacial score (nSPS) is 11.7. The molecule has 2 heterocycles. The van der Waals surface area contributed by atoms with Crippen LogP contribution in [0.2, 0.25) is 0 Å². The van der Waals surface area contributed by atoms with Gasteiger partial charge in [-0.1, -0.05) is 24.3 Å². The molecular weight excluding hydrogens is 448 g/mol. The van der Waals surface area contributed by atoms with Gasteiger partial charge in [0.2, 0.25) is 10.0 Å². The van der Waals surface area contributed by atoms with Crippen LogP contribution in [0.4, 0.5) is 22.7 Å². The summed E-state index contributed by atoms with van der Waals surface area (Å²) in [6, 6.07) is 19.6. The van der Waals surface area contributed by atoms with Crippen LogP contribution in [0.1, 0.15) is 0 Å². The van der Waals surface area contributed by atoms with E-state index in [1.807, 2.05) is 18.2 Å². The van der Waals surface area contributed by atoms with Crippen molar-refractivity contribution in [2.75, 3.05) is 55.4 Å². The number of para-hydroxylation sites is 2. The lowest BCUT2D eigenvalue weighted by Crippen LogP contribution is -2.28. The van der Waals surface area contributed by atoms with Crippen LogP contribution >= 0.6 is 0 Å². The highest BCUT2D eigenvalue weighted by atomic mass is 32.2. The van der Waals surface area contributed by atoms with Gasteiger partial charge in [-0.05, 0) is 56.1 Å². The van der Waals surface area contributed by atoms with E-state index in [1.165, 1.54) is 0 Å². The van der Waals surface area contributed by atoms with Crippen molar-refractivity contribution in [3.8, 4) is 11.3 Å². The monoisotopic (exact) mass is 478 g/mol. The molecule has 0 aliphatic heterocycles. The van der Waals surface area contributed by atoms with Gasteiger partial charge in [0, 0.05) is 43.1 Å². The molecule has 0 unspecified atom stereocenters. The number of hydrogen-bond acceptors (Lipinski definition) is 6. The zero-order valence-electron chi connectivity index (χ0n) is 19.8. The summed E-state index contributed by atoms with van der Waals surface area (Å²) in [5, 5.41) is 4.27. The Bertz CT molecular complexity index is 1380. The summed E-state index contributed by atoms with van der Waals surface area (Å²) in [7, 11) is 2.85. The second-order valence-corrected chi connectivity index (χ2v) is 10.4. The highest BCUT2D eigenvalue weighted by Crippen LogP contribution is 2.33. The first-order valence-electron chi connectivity index (χ1n) is 11.0. The third kappa shape index (κ3) is 5.67. The molecule has 0 spiro atoms. The van der Waals surface area contributed by atoms with Crippen molar-refractivity contribution in [1.29, 1.82) is 0 Å². The van der Waals surface area contributed by atoms with E-state index in [1.54, 1.807) is 18.3 Å². The fourth-order valence-electron chi connectivity index (χ4n) is 3.69. The van der Waals surface area contributed by atoms with Crippen molar-refractivity contribution in [3.63, 3.8) is 0 Å². The Kier molecular flexibility index (Phi) is 6.76. The number of aromatic nitrogens is 2. The Morgan fingerprint density at radius 1 is 0.912 bits per heavy atom. The molecule has 4 rings (SSSR count). The van der Waals surface area contributed by atoms with E-state index >= 15 is 0 Å². The predicted octanol–water partition coefficient (Wildman–Crippen LogP) is 4.34. The van der Waals surface area contributed by atoms with Crippen LogP contribution in [0.15, 0.2) is 66.9 Å². The molecule has 0 fully saturated rings. The van der Waals surface area contributed by atoms with Crippen molar-refractivity contribution in [2.45, 2.75) is 0 Å². The Balaban J connectivity index is 1.60. The third-order valence-corrected chi connectivity index (χ3v) is 6.12. The number of nitrogens with one attached hydrogen (secondary N) is 3. The number of fused-ring (bicyclic) bond motifs is 1.